The standard InChI is InChI=1S/C19H34N2O/c1-15(16-9-11-20-12-10-16)14-19(22)21-13-5-8-18(21)17-6-3-2-4-7-17/h15-18,20H,2-14H2,1H3. The van der Waals surface area contributed by atoms with E-state index >= 15 is 0 Å². The summed E-state index contributed by atoms with van der Waals surface area (Å²) in [7, 11) is 0. The minimum atomic E-state index is 0.458. The molecule has 2 unspecified atom stereocenters. The maximum atomic E-state index is 12.9. The summed E-state index contributed by atoms with van der Waals surface area (Å²) in [6, 6.07) is 0.577. The predicted molar refractivity (Wildman–Crippen MR) is 90.7 cm³/mol. The van der Waals surface area contributed by atoms with Gasteiger partial charge in [0.15, 0.2) is 0 Å². The number of hydrogen-bond donors (Lipinski definition) is 1. The minimum Gasteiger partial charge on any atom is -0.339 e. The van der Waals surface area contributed by atoms with Crippen molar-refractivity contribution in [3.05, 3.63) is 0 Å². The molecule has 1 N–H and O–H groups in total. The molecule has 2 saturated heterocycles. The summed E-state index contributed by atoms with van der Waals surface area (Å²) in [4.78, 5) is 15.1. The van der Waals surface area contributed by atoms with Crippen molar-refractivity contribution in [1.29, 1.82) is 0 Å². The van der Waals surface area contributed by atoms with Crippen molar-refractivity contribution in [2.45, 2.75) is 77.2 Å². The van der Waals surface area contributed by atoms with Crippen molar-refractivity contribution >= 4 is 5.91 Å². The van der Waals surface area contributed by atoms with E-state index in [4.69, 9.17) is 0 Å². The third-order valence-corrected chi connectivity index (χ3v) is 6.50. The van der Waals surface area contributed by atoms with Crippen LogP contribution in [0.4, 0.5) is 0 Å². The highest BCUT2D eigenvalue weighted by molar-refractivity contribution is 5.77. The van der Waals surface area contributed by atoms with Gasteiger partial charge in [-0.15, -0.1) is 0 Å². The Labute approximate surface area is 136 Å². The Bertz CT molecular complexity index is 358. The average molecular weight is 306 g/mol. The molecule has 0 aromatic rings. The predicted octanol–water partition coefficient (Wildman–Crippen LogP) is 3.58. The first-order valence-corrected chi connectivity index (χ1v) is 9.76. The summed E-state index contributed by atoms with van der Waals surface area (Å²) in [5.74, 6) is 2.57. The van der Waals surface area contributed by atoms with Crippen molar-refractivity contribution in [3.63, 3.8) is 0 Å². The lowest BCUT2D eigenvalue weighted by molar-refractivity contribution is -0.134. The number of nitrogens with zero attached hydrogens (tertiary/aromatic N) is 1. The highest BCUT2D eigenvalue weighted by Gasteiger charge is 2.35. The van der Waals surface area contributed by atoms with Crippen molar-refractivity contribution in [3.8, 4) is 0 Å². The number of amides is 1. The third-order valence-electron chi connectivity index (χ3n) is 6.50. The van der Waals surface area contributed by atoms with Gasteiger partial charge >= 0.3 is 0 Å². The molecular formula is C19H34N2O. The van der Waals surface area contributed by atoms with Crippen LogP contribution in [0.15, 0.2) is 0 Å². The van der Waals surface area contributed by atoms with E-state index in [0.29, 0.717) is 17.9 Å². The van der Waals surface area contributed by atoms with Gasteiger partial charge in [-0.1, -0.05) is 26.2 Å². The molecule has 1 aliphatic carbocycles. The van der Waals surface area contributed by atoms with E-state index in [1.807, 2.05) is 0 Å². The fraction of sp³-hybridized carbons (Fsp3) is 0.947. The molecule has 0 aromatic heterocycles. The number of likely N-dealkylation sites (tertiary alicyclic amines) is 1. The van der Waals surface area contributed by atoms with Crippen LogP contribution < -0.4 is 5.32 Å². The molecule has 2 atom stereocenters. The molecule has 0 aromatic carbocycles. The van der Waals surface area contributed by atoms with Gasteiger partial charge in [0.2, 0.25) is 5.91 Å². The molecule has 3 heteroatoms. The minimum absolute atomic E-state index is 0.458. The third kappa shape index (κ3) is 3.84. The normalized spacial score (nSPS) is 29.7. The summed E-state index contributed by atoms with van der Waals surface area (Å²) in [5, 5.41) is 3.43. The molecule has 1 amide bonds. The Hall–Kier alpha value is -0.570. The largest absolute Gasteiger partial charge is 0.339 e. The molecular weight excluding hydrogens is 272 g/mol. The van der Waals surface area contributed by atoms with Crippen molar-refractivity contribution < 1.29 is 4.79 Å². The monoisotopic (exact) mass is 306 g/mol. The van der Waals surface area contributed by atoms with E-state index < -0.39 is 0 Å². The smallest absolute Gasteiger partial charge is 0.223 e. The first-order valence-electron chi connectivity index (χ1n) is 9.76. The zero-order chi connectivity index (χ0) is 15.4. The molecule has 3 nitrogen and oxygen atoms in total. The number of carbonyl (C=O) groups is 1. The Kier molecular flexibility index (Phi) is 5.78. The number of carbonyl (C=O) groups excluding carboxylic acids is 1. The summed E-state index contributed by atoms with van der Waals surface area (Å²) < 4.78 is 0. The molecule has 126 valence electrons. The fourth-order valence-corrected chi connectivity index (χ4v) is 5.08. The van der Waals surface area contributed by atoms with Gasteiger partial charge in [0, 0.05) is 19.0 Å². The van der Waals surface area contributed by atoms with Gasteiger partial charge in [-0.2, -0.15) is 0 Å². The molecule has 3 rings (SSSR count). The van der Waals surface area contributed by atoms with E-state index in [0.717, 1.165) is 37.9 Å². The lowest BCUT2D eigenvalue weighted by Gasteiger charge is -2.35. The molecule has 3 aliphatic rings. The van der Waals surface area contributed by atoms with Crippen LogP contribution in [-0.4, -0.2) is 36.5 Å². The Morgan fingerprint density at radius 3 is 2.50 bits per heavy atom. The van der Waals surface area contributed by atoms with Gasteiger partial charge in [-0.05, 0) is 69.4 Å². The van der Waals surface area contributed by atoms with Crippen molar-refractivity contribution in [2.75, 3.05) is 19.6 Å². The highest BCUT2D eigenvalue weighted by Crippen LogP contribution is 2.35. The Balaban J connectivity index is 1.53. The van der Waals surface area contributed by atoms with Crippen LogP contribution in [0.25, 0.3) is 0 Å². The van der Waals surface area contributed by atoms with Crippen LogP contribution >= 0.6 is 0 Å². The van der Waals surface area contributed by atoms with E-state index in [2.05, 4.69) is 17.1 Å². The van der Waals surface area contributed by atoms with E-state index in [-0.39, 0.29) is 0 Å². The van der Waals surface area contributed by atoms with Gasteiger partial charge < -0.3 is 10.2 Å². The van der Waals surface area contributed by atoms with E-state index in [1.54, 1.807) is 0 Å². The molecule has 2 aliphatic heterocycles. The zero-order valence-corrected chi connectivity index (χ0v) is 14.4. The van der Waals surface area contributed by atoms with E-state index in [9.17, 15) is 4.79 Å². The van der Waals surface area contributed by atoms with Gasteiger partial charge in [-0.3, -0.25) is 4.79 Å². The summed E-state index contributed by atoms with van der Waals surface area (Å²) in [6.45, 7) is 5.60. The lowest BCUT2D eigenvalue weighted by atomic mass is 9.82. The first kappa shape index (κ1) is 16.3. The average Bonchev–Trinajstić information content (AvgIpc) is 3.06. The topological polar surface area (TPSA) is 32.3 Å². The summed E-state index contributed by atoms with van der Waals surface area (Å²) in [5.41, 5.74) is 0. The van der Waals surface area contributed by atoms with Crippen LogP contribution in [0.2, 0.25) is 0 Å². The van der Waals surface area contributed by atoms with Gasteiger partial charge in [0.1, 0.15) is 0 Å². The molecule has 2 heterocycles. The molecule has 0 spiro atoms. The second kappa shape index (κ2) is 7.81. The molecule has 22 heavy (non-hydrogen) atoms. The molecule has 0 bridgehead atoms. The first-order chi connectivity index (χ1) is 10.8. The van der Waals surface area contributed by atoms with Crippen LogP contribution in [-0.2, 0) is 4.79 Å². The fourth-order valence-electron chi connectivity index (χ4n) is 5.08. The second-order valence-corrected chi connectivity index (χ2v) is 7.96. The summed E-state index contributed by atoms with van der Waals surface area (Å²) in [6.07, 6.45) is 12.7. The maximum Gasteiger partial charge on any atom is 0.223 e. The maximum absolute atomic E-state index is 12.9. The number of nitrogens with one attached hydrogen (secondary N) is 1. The van der Waals surface area contributed by atoms with Crippen LogP contribution in [0.1, 0.15) is 71.1 Å². The van der Waals surface area contributed by atoms with Crippen LogP contribution in [0.3, 0.4) is 0 Å². The van der Waals surface area contributed by atoms with Crippen LogP contribution in [0, 0.1) is 17.8 Å². The molecule has 1 saturated carbocycles. The highest BCUT2D eigenvalue weighted by atomic mass is 16.2. The molecule has 3 fully saturated rings. The Morgan fingerprint density at radius 1 is 1.05 bits per heavy atom. The number of rotatable bonds is 4. The molecule has 0 radical (unpaired) electrons. The SMILES string of the molecule is CC(CC(=O)N1CCCC1C1CCCCC1)C1CCNCC1. The van der Waals surface area contributed by atoms with E-state index in [1.165, 1.54) is 57.8 Å². The lowest BCUT2D eigenvalue weighted by Crippen LogP contribution is -2.42. The van der Waals surface area contributed by atoms with Crippen molar-refractivity contribution in [1.82, 2.24) is 10.2 Å². The second-order valence-electron chi connectivity index (χ2n) is 7.96. The summed E-state index contributed by atoms with van der Waals surface area (Å²) >= 11 is 0. The number of hydrogen-bond acceptors (Lipinski definition) is 2. The van der Waals surface area contributed by atoms with Gasteiger partial charge in [0.05, 0.1) is 0 Å². The van der Waals surface area contributed by atoms with Gasteiger partial charge in [0.25, 0.3) is 0 Å². The zero-order valence-electron chi connectivity index (χ0n) is 14.4. The van der Waals surface area contributed by atoms with Crippen molar-refractivity contribution in [2.24, 2.45) is 17.8 Å². The van der Waals surface area contributed by atoms with Gasteiger partial charge in [-0.25, -0.2) is 0 Å². The number of piperidine rings is 1. The quantitative estimate of drug-likeness (QED) is 0.861. The Morgan fingerprint density at radius 2 is 1.77 bits per heavy atom. The van der Waals surface area contributed by atoms with Crippen LogP contribution in [0.5, 0.6) is 0 Å².